The molecule has 0 saturated heterocycles. The maximum atomic E-state index is 11.5. The van der Waals surface area contributed by atoms with Gasteiger partial charge in [0.25, 0.3) is 0 Å². The van der Waals surface area contributed by atoms with Gasteiger partial charge in [0, 0.05) is 17.9 Å². The van der Waals surface area contributed by atoms with Crippen LogP contribution in [0.2, 0.25) is 0 Å². The molecule has 0 amide bonds. The lowest BCUT2D eigenvalue weighted by atomic mass is 10.9. The molecule has 5 heteroatoms. The first-order valence-electron chi connectivity index (χ1n) is 3.17. The van der Waals surface area contributed by atoms with Crippen LogP contribution in [0.25, 0.3) is 0 Å². The van der Waals surface area contributed by atoms with Gasteiger partial charge in [0.1, 0.15) is 0 Å². The van der Waals surface area contributed by atoms with Crippen molar-refractivity contribution < 1.29 is 9.09 Å². The monoisotopic (exact) mass is 216 g/mol. The zero-order valence-corrected chi connectivity index (χ0v) is 8.54. The predicted octanol–water partition coefficient (Wildman–Crippen LogP) is 2.90. The summed E-state index contributed by atoms with van der Waals surface area (Å²) in [5, 5.41) is 0. The topological polar surface area (TPSA) is 26.3 Å². The fourth-order valence-corrected chi connectivity index (χ4v) is 2.46. The average Bonchev–Trinajstić information content (AvgIpc) is 2.02. The highest BCUT2D eigenvalue weighted by molar-refractivity contribution is 7.62. The van der Waals surface area contributed by atoms with Crippen molar-refractivity contribution >= 4 is 30.6 Å². The van der Waals surface area contributed by atoms with Gasteiger partial charge in [0.15, 0.2) is 0 Å². The summed E-state index contributed by atoms with van der Waals surface area (Å²) in [4.78, 5) is 0. The zero-order chi connectivity index (χ0) is 8.74. The summed E-state index contributed by atoms with van der Waals surface area (Å²) in [6.07, 6.45) is 0.328. The SMILES string of the molecule is C=CP(=O)(CCCl)OCCCl. The van der Waals surface area contributed by atoms with E-state index in [2.05, 4.69) is 6.58 Å². The number of rotatable bonds is 6. The van der Waals surface area contributed by atoms with E-state index in [4.69, 9.17) is 27.7 Å². The van der Waals surface area contributed by atoms with Gasteiger partial charge < -0.3 is 4.52 Å². The second kappa shape index (κ2) is 6.07. The Bertz CT molecular complexity index is 161. The van der Waals surface area contributed by atoms with Crippen LogP contribution in [-0.2, 0) is 9.09 Å². The van der Waals surface area contributed by atoms with Gasteiger partial charge >= 0.3 is 0 Å². The molecule has 0 fully saturated rings. The normalized spacial score (nSPS) is 15.8. The summed E-state index contributed by atoms with van der Waals surface area (Å²) < 4.78 is 16.4. The third-order valence-corrected chi connectivity index (χ3v) is 3.69. The van der Waals surface area contributed by atoms with Gasteiger partial charge in [-0.05, 0) is 5.82 Å². The van der Waals surface area contributed by atoms with E-state index < -0.39 is 7.37 Å². The molecule has 11 heavy (non-hydrogen) atoms. The molecule has 0 aromatic rings. The molecule has 1 atom stereocenters. The van der Waals surface area contributed by atoms with Gasteiger partial charge in [-0.15, -0.1) is 23.2 Å². The van der Waals surface area contributed by atoms with Gasteiger partial charge in [-0.3, -0.25) is 4.57 Å². The maximum absolute atomic E-state index is 11.5. The second-order valence-corrected chi connectivity index (χ2v) is 5.12. The third-order valence-electron chi connectivity index (χ3n) is 1.06. The summed E-state index contributed by atoms with van der Waals surface area (Å²) in [5.41, 5.74) is 0. The number of hydrogen-bond donors (Lipinski definition) is 0. The quantitative estimate of drug-likeness (QED) is 0.505. The van der Waals surface area contributed by atoms with E-state index in [-0.39, 0.29) is 6.61 Å². The molecule has 0 rings (SSSR count). The molecule has 0 radical (unpaired) electrons. The smallest absolute Gasteiger partial charge is 0.225 e. The molecule has 0 saturated carbocycles. The van der Waals surface area contributed by atoms with E-state index >= 15 is 0 Å². The van der Waals surface area contributed by atoms with Crippen LogP contribution >= 0.6 is 30.6 Å². The molecular weight excluding hydrogens is 206 g/mol. The van der Waals surface area contributed by atoms with E-state index in [9.17, 15) is 4.57 Å². The van der Waals surface area contributed by atoms with Gasteiger partial charge in [0.2, 0.25) is 7.37 Å². The maximum Gasteiger partial charge on any atom is 0.225 e. The predicted molar refractivity (Wildman–Crippen MR) is 50.1 cm³/mol. The highest BCUT2D eigenvalue weighted by Crippen LogP contribution is 2.47. The molecule has 0 heterocycles. The van der Waals surface area contributed by atoms with Crippen LogP contribution < -0.4 is 0 Å². The Balaban J connectivity index is 3.89. The van der Waals surface area contributed by atoms with Gasteiger partial charge in [0.05, 0.1) is 6.61 Å². The van der Waals surface area contributed by atoms with Crippen LogP contribution in [-0.4, -0.2) is 24.5 Å². The molecule has 0 N–H and O–H groups in total. The Morgan fingerprint density at radius 1 is 1.45 bits per heavy atom. The lowest BCUT2D eigenvalue weighted by Gasteiger charge is -2.11. The summed E-state index contributed by atoms with van der Waals surface area (Å²) in [6.45, 7) is 3.69. The minimum absolute atomic E-state index is 0.280. The number of hydrogen-bond acceptors (Lipinski definition) is 2. The number of halogens is 2. The van der Waals surface area contributed by atoms with E-state index in [1.165, 1.54) is 5.82 Å². The van der Waals surface area contributed by atoms with Crippen molar-refractivity contribution in [2.75, 3.05) is 24.5 Å². The molecule has 2 nitrogen and oxygen atoms in total. The lowest BCUT2D eigenvalue weighted by Crippen LogP contribution is -1.97. The minimum Gasteiger partial charge on any atom is -0.324 e. The molecule has 0 aromatic heterocycles. The van der Waals surface area contributed by atoms with Crippen LogP contribution in [0, 0.1) is 0 Å². The molecule has 0 aliphatic carbocycles. The first-order valence-corrected chi connectivity index (χ1v) is 6.12. The summed E-state index contributed by atoms with van der Waals surface area (Å²) in [6, 6.07) is 0. The fourth-order valence-electron chi connectivity index (χ4n) is 0.515. The third kappa shape index (κ3) is 4.86. The van der Waals surface area contributed by atoms with Gasteiger partial charge in [-0.25, -0.2) is 0 Å². The Hall–Kier alpha value is 0.510. The summed E-state index contributed by atoms with van der Waals surface area (Å²) >= 11 is 10.8. The Morgan fingerprint density at radius 3 is 2.45 bits per heavy atom. The van der Waals surface area contributed by atoms with Crippen LogP contribution in [0.4, 0.5) is 0 Å². The van der Waals surface area contributed by atoms with E-state index in [1.54, 1.807) is 0 Å². The van der Waals surface area contributed by atoms with Crippen molar-refractivity contribution in [2.45, 2.75) is 0 Å². The van der Waals surface area contributed by atoms with E-state index in [0.717, 1.165) is 0 Å². The molecule has 0 spiro atoms. The first kappa shape index (κ1) is 11.5. The summed E-state index contributed by atoms with van der Waals surface area (Å²) in [5.74, 6) is 1.97. The minimum atomic E-state index is -2.67. The highest BCUT2D eigenvalue weighted by atomic mass is 35.5. The fraction of sp³-hybridized carbons (Fsp3) is 0.667. The van der Waals surface area contributed by atoms with Crippen molar-refractivity contribution in [1.82, 2.24) is 0 Å². The number of alkyl halides is 2. The van der Waals surface area contributed by atoms with Gasteiger partial charge in [-0.2, -0.15) is 0 Å². The largest absolute Gasteiger partial charge is 0.324 e. The van der Waals surface area contributed by atoms with E-state index in [0.29, 0.717) is 17.9 Å². The Kier molecular flexibility index (Phi) is 6.36. The van der Waals surface area contributed by atoms with Crippen LogP contribution in [0.1, 0.15) is 0 Å². The van der Waals surface area contributed by atoms with E-state index in [1.807, 2.05) is 0 Å². The standard InChI is InChI=1S/C6H11Cl2O2P/c1-2-11(9,6-4-8)10-5-3-7/h2H,1,3-6H2. The van der Waals surface area contributed by atoms with Crippen molar-refractivity contribution in [3.63, 3.8) is 0 Å². The molecule has 0 aliphatic heterocycles. The van der Waals surface area contributed by atoms with Crippen LogP contribution in [0.15, 0.2) is 12.4 Å². The highest BCUT2D eigenvalue weighted by Gasteiger charge is 2.16. The van der Waals surface area contributed by atoms with Crippen molar-refractivity contribution in [1.29, 1.82) is 0 Å². The molecule has 0 aliphatic rings. The molecule has 0 aromatic carbocycles. The second-order valence-electron chi connectivity index (χ2n) is 1.84. The van der Waals surface area contributed by atoms with Crippen molar-refractivity contribution in [3.05, 3.63) is 12.4 Å². The lowest BCUT2D eigenvalue weighted by molar-refractivity contribution is 0.343. The summed E-state index contributed by atoms with van der Waals surface area (Å²) in [7, 11) is -2.67. The van der Waals surface area contributed by atoms with Crippen LogP contribution in [0.5, 0.6) is 0 Å². The first-order chi connectivity index (χ1) is 5.18. The molecular formula is C6H11Cl2O2P. The molecule has 1 unspecified atom stereocenters. The zero-order valence-electron chi connectivity index (χ0n) is 6.13. The van der Waals surface area contributed by atoms with Crippen LogP contribution in [0.3, 0.4) is 0 Å². The molecule has 0 bridgehead atoms. The Morgan fingerprint density at radius 2 is 2.09 bits per heavy atom. The van der Waals surface area contributed by atoms with Gasteiger partial charge in [-0.1, -0.05) is 6.58 Å². The van der Waals surface area contributed by atoms with Crippen molar-refractivity contribution in [3.8, 4) is 0 Å². The Labute approximate surface area is 77.0 Å². The molecule has 66 valence electrons. The average molecular weight is 217 g/mol. The van der Waals surface area contributed by atoms with Crippen molar-refractivity contribution in [2.24, 2.45) is 0 Å².